The first-order valence-electron chi connectivity index (χ1n) is 10.2. The van der Waals surface area contributed by atoms with E-state index in [-0.39, 0.29) is 5.91 Å². The molecule has 1 atom stereocenters. The van der Waals surface area contributed by atoms with E-state index in [1.807, 2.05) is 79.3 Å². The molecule has 1 unspecified atom stereocenters. The van der Waals surface area contributed by atoms with E-state index in [1.54, 1.807) is 19.4 Å². The monoisotopic (exact) mass is 415 g/mol. The molecule has 2 aromatic carbocycles. The fourth-order valence-electron chi connectivity index (χ4n) is 3.66. The van der Waals surface area contributed by atoms with Crippen molar-refractivity contribution in [3.05, 3.63) is 89.7 Å². The van der Waals surface area contributed by atoms with Gasteiger partial charge in [0.2, 0.25) is 5.91 Å². The van der Waals surface area contributed by atoms with E-state index in [4.69, 9.17) is 9.15 Å². The van der Waals surface area contributed by atoms with Crippen LogP contribution in [0.3, 0.4) is 0 Å². The molecule has 2 aromatic heterocycles. The number of para-hydroxylation sites is 1. The molecule has 0 saturated heterocycles. The Balaban J connectivity index is 1.62. The lowest BCUT2D eigenvalue weighted by molar-refractivity contribution is -0.117. The van der Waals surface area contributed by atoms with Gasteiger partial charge < -0.3 is 19.0 Å². The summed E-state index contributed by atoms with van der Waals surface area (Å²) in [6.45, 7) is 2.04. The number of carbonyl (C=O) groups is 1. The SMILES string of the molecule is CCc1oc2ccccc2c1/C=C/C(=O)NC(c1ccc(OC)cc1)c1nccn1C. The van der Waals surface area contributed by atoms with Crippen molar-refractivity contribution >= 4 is 23.0 Å². The molecule has 0 aliphatic rings. The van der Waals surface area contributed by atoms with Crippen molar-refractivity contribution < 1.29 is 13.9 Å². The lowest BCUT2D eigenvalue weighted by atomic mass is 10.1. The first kappa shape index (κ1) is 20.5. The third kappa shape index (κ3) is 4.23. The average Bonchev–Trinajstić information content (AvgIpc) is 3.39. The molecular formula is C25H25N3O3. The zero-order valence-electron chi connectivity index (χ0n) is 17.8. The van der Waals surface area contributed by atoms with Crippen LogP contribution in [0, 0.1) is 0 Å². The van der Waals surface area contributed by atoms with Gasteiger partial charge >= 0.3 is 0 Å². The molecule has 158 valence electrons. The van der Waals surface area contributed by atoms with Crippen LogP contribution in [0.4, 0.5) is 0 Å². The molecule has 0 spiro atoms. The number of nitrogens with zero attached hydrogens (tertiary/aromatic N) is 2. The van der Waals surface area contributed by atoms with Crippen LogP contribution in [0.15, 0.2) is 71.4 Å². The third-order valence-corrected chi connectivity index (χ3v) is 5.29. The van der Waals surface area contributed by atoms with Gasteiger partial charge in [0.15, 0.2) is 0 Å². The number of carbonyl (C=O) groups excluding carboxylic acids is 1. The van der Waals surface area contributed by atoms with Crippen LogP contribution in [-0.2, 0) is 18.3 Å². The Labute approximate surface area is 181 Å². The van der Waals surface area contributed by atoms with E-state index in [0.29, 0.717) is 0 Å². The van der Waals surface area contributed by atoms with Gasteiger partial charge in [0, 0.05) is 42.9 Å². The second-order valence-corrected chi connectivity index (χ2v) is 7.23. The number of nitrogens with one attached hydrogen (secondary N) is 1. The fourth-order valence-corrected chi connectivity index (χ4v) is 3.66. The number of benzene rings is 2. The number of aryl methyl sites for hydroxylation is 2. The average molecular weight is 415 g/mol. The first-order valence-corrected chi connectivity index (χ1v) is 10.2. The molecule has 31 heavy (non-hydrogen) atoms. The van der Waals surface area contributed by atoms with Gasteiger partial charge in [-0.2, -0.15) is 0 Å². The van der Waals surface area contributed by atoms with Crippen LogP contribution in [0.5, 0.6) is 5.75 Å². The smallest absolute Gasteiger partial charge is 0.244 e. The molecule has 4 aromatic rings. The molecule has 2 heterocycles. The summed E-state index contributed by atoms with van der Waals surface area (Å²) in [5.41, 5.74) is 2.68. The molecule has 0 aliphatic carbocycles. The molecule has 0 fully saturated rings. The zero-order valence-corrected chi connectivity index (χ0v) is 17.8. The standard InChI is InChI=1S/C25H25N3O3/c1-4-21-20(19-7-5-6-8-22(19)31-21)13-14-23(29)27-24(25-26-15-16-28(25)2)17-9-11-18(30-3)12-10-17/h5-16,24H,4H2,1-3H3,(H,27,29)/b14-13+. The Morgan fingerprint density at radius 2 is 2.00 bits per heavy atom. The van der Waals surface area contributed by atoms with Gasteiger partial charge in [0.1, 0.15) is 29.0 Å². The number of hydrogen-bond donors (Lipinski definition) is 1. The highest BCUT2D eigenvalue weighted by Gasteiger charge is 2.20. The molecule has 0 aliphatic heterocycles. The van der Waals surface area contributed by atoms with Crippen molar-refractivity contribution in [2.45, 2.75) is 19.4 Å². The number of ether oxygens (including phenoxy) is 1. The van der Waals surface area contributed by atoms with Gasteiger partial charge in [0.05, 0.1) is 7.11 Å². The van der Waals surface area contributed by atoms with Crippen molar-refractivity contribution in [3.8, 4) is 5.75 Å². The second-order valence-electron chi connectivity index (χ2n) is 7.23. The lowest BCUT2D eigenvalue weighted by Gasteiger charge is -2.18. The van der Waals surface area contributed by atoms with Crippen LogP contribution in [0.1, 0.15) is 35.7 Å². The van der Waals surface area contributed by atoms with Crippen molar-refractivity contribution in [1.82, 2.24) is 14.9 Å². The summed E-state index contributed by atoms with van der Waals surface area (Å²) in [5, 5.41) is 4.08. The summed E-state index contributed by atoms with van der Waals surface area (Å²) in [4.78, 5) is 17.3. The molecular weight excluding hydrogens is 390 g/mol. The quantitative estimate of drug-likeness (QED) is 0.446. The summed E-state index contributed by atoms with van der Waals surface area (Å²) in [5.74, 6) is 2.15. The normalized spacial score (nSPS) is 12.4. The van der Waals surface area contributed by atoms with E-state index in [1.165, 1.54) is 0 Å². The number of fused-ring (bicyclic) bond motifs is 1. The second kappa shape index (κ2) is 8.92. The number of amides is 1. The maximum Gasteiger partial charge on any atom is 0.244 e. The zero-order chi connectivity index (χ0) is 21.8. The number of methoxy groups -OCH3 is 1. The molecule has 1 amide bonds. The lowest BCUT2D eigenvalue weighted by Crippen LogP contribution is -2.29. The van der Waals surface area contributed by atoms with Crippen molar-refractivity contribution in [2.24, 2.45) is 7.05 Å². The highest BCUT2D eigenvalue weighted by molar-refractivity contribution is 5.96. The largest absolute Gasteiger partial charge is 0.497 e. The number of imidazole rings is 1. The molecule has 0 bridgehead atoms. The predicted molar refractivity (Wildman–Crippen MR) is 121 cm³/mol. The van der Waals surface area contributed by atoms with Gasteiger partial charge in [-0.15, -0.1) is 0 Å². The van der Waals surface area contributed by atoms with Crippen LogP contribution in [-0.4, -0.2) is 22.6 Å². The fraction of sp³-hybridized carbons (Fsp3) is 0.200. The van der Waals surface area contributed by atoms with Crippen molar-refractivity contribution in [3.63, 3.8) is 0 Å². The van der Waals surface area contributed by atoms with Gasteiger partial charge in [-0.25, -0.2) is 4.98 Å². The highest BCUT2D eigenvalue weighted by atomic mass is 16.5. The maximum atomic E-state index is 12.9. The van der Waals surface area contributed by atoms with Gasteiger partial charge in [-0.1, -0.05) is 37.3 Å². The van der Waals surface area contributed by atoms with Crippen molar-refractivity contribution in [2.75, 3.05) is 7.11 Å². The highest BCUT2D eigenvalue weighted by Crippen LogP contribution is 2.28. The minimum atomic E-state index is -0.394. The predicted octanol–water partition coefficient (Wildman–Crippen LogP) is 4.66. The molecule has 0 radical (unpaired) electrons. The van der Waals surface area contributed by atoms with Gasteiger partial charge in [-0.3, -0.25) is 4.79 Å². The molecule has 4 rings (SSSR count). The Kier molecular flexibility index (Phi) is 5.89. The van der Waals surface area contributed by atoms with E-state index in [9.17, 15) is 4.79 Å². The third-order valence-electron chi connectivity index (χ3n) is 5.29. The summed E-state index contributed by atoms with van der Waals surface area (Å²) >= 11 is 0. The van der Waals surface area contributed by atoms with Crippen LogP contribution < -0.4 is 10.1 Å². The Morgan fingerprint density at radius 3 is 2.68 bits per heavy atom. The van der Waals surface area contributed by atoms with E-state index in [0.717, 1.165) is 45.9 Å². The van der Waals surface area contributed by atoms with E-state index in [2.05, 4.69) is 10.3 Å². The summed E-state index contributed by atoms with van der Waals surface area (Å²) in [7, 11) is 3.54. The molecule has 6 nitrogen and oxygen atoms in total. The summed E-state index contributed by atoms with van der Waals surface area (Å²) in [6.07, 6.45) is 7.70. The minimum absolute atomic E-state index is 0.212. The van der Waals surface area contributed by atoms with Crippen LogP contribution >= 0.6 is 0 Å². The Bertz CT molecular complexity index is 1220. The van der Waals surface area contributed by atoms with E-state index < -0.39 is 6.04 Å². The van der Waals surface area contributed by atoms with Gasteiger partial charge in [-0.05, 0) is 29.8 Å². The minimum Gasteiger partial charge on any atom is -0.497 e. The Morgan fingerprint density at radius 1 is 1.23 bits per heavy atom. The van der Waals surface area contributed by atoms with Crippen LogP contribution in [0.2, 0.25) is 0 Å². The number of furan rings is 1. The molecule has 1 N–H and O–H groups in total. The molecule has 0 saturated carbocycles. The Hall–Kier alpha value is -3.80. The number of aromatic nitrogens is 2. The summed E-state index contributed by atoms with van der Waals surface area (Å²) < 4.78 is 13.1. The summed E-state index contributed by atoms with van der Waals surface area (Å²) in [6, 6.07) is 15.1. The first-order chi connectivity index (χ1) is 15.1. The van der Waals surface area contributed by atoms with Gasteiger partial charge in [0.25, 0.3) is 0 Å². The van der Waals surface area contributed by atoms with E-state index >= 15 is 0 Å². The maximum absolute atomic E-state index is 12.9. The molecule has 6 heteroatoms. The number of rotatable bonds is 7. The van der Waals surface area contributed by atoms with Crippen LogP contribution in [0.25, 0.3) is 17.0 Å². The van der Waals surface area contributed by atoms with Crippen molar-refractivity contribution in [1.29, 1.82) is 0 Å². The topological polar surface area (TPSA) is 69.3 Å². The number of hydrogen-bond acceptors (Lipinski definition) is 4.